The predicted molar refractivity (Wildman–Crippen MR) is 64.1 cm³/mol. The molecule has 1 amide bonds. The maximum Gasteiger partial charge on any atom is 0.555 e. The first kappa shape index (κ1) is 13.4. The number of ether oxygens (including phenoxy) is 1. The number of hydrogen-bond acceptors (Lipinski definition) is 5. The molecule has 6 nitrogen and oxygen atoms in total. The average Bonchev–Trinajstić information content (AvgIpc) is 2.29. The lowest BCUT2D eigenvalue weighted by atomic mass is 10.3. The van der Waals surface area contributed by atoms with Crippen LogP contribution in [-0.4, -0.2) is 17.9 Å². The molecule has 0 saturated carbocycles. The fraction of sp³-hybridized carbons (Fsp3) is 0.364. The summed E-state index contributed by atoms with van der Waals surface area (Å²) in [4.78, 5) is 9.20. The van der Waals surface area contributed by atoms with E-state index in [1.54, 1.807) is 0 Å². The van der Waals surface area contributed by atoms with Crippen LogP contribution in [0.4, 0.5) is 16.2 Å². The number of hydrogen-bond donors (Lipinski definition) is 2. The Hall–Kier alpha value is -1.63. The van der Waals surface area contributed by atoms with Gasteiger partial charge in [-0.05, 0) is 18.6 Å². The topological polar surface area (TPSA) is 95.6 Å². The van der Waals surface area contributed by atoms with E-state index in [1.165, 1.54) is 24.3 Å². The minimum atomic E-state index is -2.18. The summed E-state index contributed by atoms with van der Waals surface area (Å²) in [7, 11) is 0. The summed E-state index contributed by atoms with van der Waals surface area (Å²) in [6, 6.07) is 5.42. The fourth-order valence-corrected chi connectivity index (χ4v) is 1.17. The highest BCUT2D eigenvalue weighted by atomic mass is 16.9. The van der Waals surface area contributed by atoms with E-state index in [0.717, 1.165) is 6.42 Å². The Morgan fingerprint density at radius 3 is 2.59 bits per heavy atom. The van der Waals surface area contributed by atoms with E-state index in [1.807, 2.05) is 6.92 Å². The Kier molecular flexibility index (Phi) is 4.45. The van der Waals surface area contributed by atoms with Gasteiger partial charge in [0.1, 0.15) is 0 Å². The largest absolute Gasteiger partial charge is 0.583 e. The van der Waals surface area contributed by atoms with E-state index in [-0.39, 0.29) is 12.3 Å². The monoisotopic (exact) mass is 240 g/mol. The van der Waals surface area contributed by atoms with Gasteiger partial charge in [-0.1, -0.05) is 18.2 Å². The first-order valence-electron chi connectivity index (χ1n) is 5.34. The lowest BCUT2D eigenvalue weighted by molar-refractivity contribution is -0.0281. The minimum Gasteiger partial charge on any atom is -0.583 e. The third-order valence-corrected chi connectivity index (χ3v) is 2.21. The number of nitrogen functional groups attached to an aromatic ring is 1. The van der Waals surface area contributed by atoms with Crippen LogP contribution in [0.25, 0.3) is 0 Å². The summed E-state index contributed by atoms with van der Waals surface area (Å²) >= 11 is 0. The van der Waals surface area contributed by atoms with Crippen molar-refractivity contribution in [2.75, 3.05) is 12.3 Å². The number of rotatable bonds is 4. The lowest BCUT2D eigenvalue weighted by Crippen LogP contribution is -2.46. The smallest absolute Gasteiger partial charge is 0.555 e. The lowest BCUT2D eigenvalue weighted by Gasteiger charge is -2.28. The number of nitrogens with zero attached hydrogens (tertiary/aromatic N) is 1. The first-order valence-corrected chi connectivity index (χ1v) is 5.34. The Morgan fingerprint density at radius 2 is 2.06 bits per heavy atom. The Morgan fingerprint density at radius 1 is 1.47 bits per heavy atom. The first-order chi connectivity index (χ1) is 7.98. The highest BCUT2D eigenvalue weighted by Crippen LogP contribution is 2.22. The summed E-state index contributed by atoms with van der Waals surface area (Å²) in [5, 5.41) is 21.2. The third kappa shape index (κ3) is 3.42. The van der Waals surface area contributed by atoms with Gasteiger partial charge in [0.05, 0.1) is 6.61 Å². The SMILES string of the molecule is CCCCOC(=O)[N+]([O-])(O)c1ccc(N)cc1. The molecule has 94 valence electrons. The van der Waals surface area contributed by atoms with Crippen molar-refractivity contribution in [3.8, 4) is 0 Å². The highest BCUT2D eigenvalue weighted by Gasteiger charge is 2.31. The normalized spacial score (nSPS) is 14.1. The Labute approximate surface area is 99.3 Å². The van der Waals surface area contributed by atoms with Gasteiger partial charge in [0.15, 0.2) is 5.69 Å². The zero-order valence-corrected chi connectivity index (χ0v) is 9.63. The number of unbranched alkanes of at least 4 members (excludes halogenated alkanes) is 1. The number of amides is 1. The molecule has 0 spiro atoms. The van der Waals surface area contributed by atoms with E-state index in [9.17, 15) is 15.2 Å². The van der Waals surface area contributed by atoms with Gasteiger partial charge < -0.3 is 15.7 Å². The van der Waals surface area contributed by atoms with Crippen molar-refractivity contribution in [3.05, 3.63) is 29.5 Å². The van der Waals surface area contributed by atoms with Crippen molar-refractivity contribution in [1.82, 2.24) is 4.81 Å². The molecule has 0 bridgehead atoms. The van der Waals surface area contributed by atoms with Gasteiger partial charge in [-0.3, -0.25) is 0 Å². The molecular formula is C11H16N2O4. The zero-order valence-electron chi connectivity index (χ0n) is 9.63. The number of quaternary nitrogens is 1. The molecule has 3 N–H and O–H groups in total. The van der Waals surface area contributed by atoms with Crippen LogP contribution in [0.3, 0.4) is 0 Å². The molecule has 1 aromatic carbocycles. The number of anilines is 1. The molecule has 1 unspecified atom stereocenters. The van der Waals surface area contributed by atoms with E-state index >= 15 is 0 Å². The molecular weight excluding hydrogens is 224 g/mol. The van der Waals surface area contributed by atoms with Crippen molar-refractivity contribution in [3.63, 3.8) is 0 Å². The van der Waals surface area contributed by atoms with Gasteiger partial charge in [-0.25, -0.2) is 0 Å². The van der Waals surface area contributed by atoms with Crippen LogP contribution < -0.4 is 10.5 Å². The molecule has 17 heavy (non-hydrogen) atoms. The summed E-state index contributed by atoms with van der Waals surface area (Å²) < 4.78 is 4.67. The van der Waals surface area contributed by atoms with Crippen LogP contribution >= 0.6 is 0 Å². The molecule has 0 radical (unpaired) electrons. The maximum absolute atomic E-state index is 11.7. The molecule has 0 aromatic heterocycles. The molecule has 0 aliphatic rings. The van der Waals surface area contributed by atoms with E-state index in [0.29, 0.717) is 12.1 Å². The second-order valence-electron chi connectivity index (χ2n) is 3.64. The van der Waals surface area contributed by atoms with Gasteiger partial charge in [-0.15, -0.1) is 0 Å². The Bertz CT molecular complexity index is 376. The molecule has 0 heterocycles. The fourth-order valence-electron chi connectivity index (χ4n) is 1.17. The van der Waals surface area contributed by atoms with E-state index < -0.39 is 10.9 Å². The molecule has 0 aliphatic carbocycles. The van der Waals surface area contributed by atoms with Crippen molar-refractivity contribution >= 4 is 17.5 Å². The summed E-state index contributed by atoms with van der Waals surface area (Å²) in [5.41, 5.74) is 5.74. The van der Waals surface area contributed by atoms with Gasteiger partial charge in [0.2, 0.25) is 0 Å². The zero-order chi connectivity index (χ0) is 12.9. The van der Waals surface area contributed by atoms with E-state index in [2.05, 4.69) is 4.74 Å². The Balaban J connectivity index is 2.72. The van der Waals surface area contributed by atoms with E-state index in [4.69, 9.17) is 5.73 Å². The number of carbonyl (C=O) groups is 1. The molecule has 0 saturated heterocycles. The van der Waals surface area contributed by atoms with Crippen molar-refractivity contribution in [2.24, 2.45) is 0 Å². The average molecular weight is 240 g/mol. The summed E-state index contributed by atoms with van der Waals surface area (Å²) in [6.45, 7) is 2.04. The van der Waals surface area contributed by atoms with Crippen LogP contribution in [0.1, 0.15) is 19.8 Å². The van der Waals surface area contributed by atoms with Crippen LogP contribution in [0.15, 0.2) is 24.3 Å². The maximum atomic E-state index is 11.7. The number of carbonyl (C=O) groups excluding carboxylic acids is 1. The molecule has 0 fully saturated rings. The molecule has 0 aliphatic heterocycles. The molecule has 1 rings (SSSR count). The quantitative estimate of drug-likeness (QED) is 0.277. The van der Waals surface area contributed by atoms with Gasteiger partial charge >= 0.3 is 6.09 Å². The van der Waals surface area contributed by atoms with Gasteiger partial charge in [0.25, 0.3) is 0 Å². The van der Waals surface area contributed by atoms with Crippen molar-refractivity contribution < 1.29 is 14.7 Å². The second-order valence-corrected chi connectivity index (χ2v) is 3.64. The third-order valence-electron chi connectivity index (χ3n) is 2.21. The molecule has 6 heteroatoms. The van der Waals surface area contributed by atoms with Gasteiger partial charge in [-0.2, -0.15) is 10.0 Å². The molecule has 1 aromatic rings. The molecule has 1 atom stereocenters. The highest BCUT2D eigenvalue weighted by molar-refractivity contribution is 5.81. The van der Waals surface area contributed by atoms with Crippen LogP contribution in [-0.2, 0) is 4.74 Å². The van der Waals surface area contributed by atoms with Crippen LogP contribution in [0.2, 0.25) is 0 Å². The number of nitrogens with two attached hydrogens (primary N) is 1. The number of benzene rings is 1. The number of hydroxylamine groups is 2. The van der Waals surface area contributed by atoms with Crippen molar-refractivity contribution in [1.29, 1.82) is 0 Å². The minimum absolute atomic E-state index is 0.118. The van der Waals surface area contributed by atoms with Crippen LogP contribution in [0.5, 0.6) is 0 Å². The van der Waals surface area contributed by atoms with Gasteiger partial charge in [0, 0.05) is 17.8 Å². The van der Waals surface area contributed by atoms with Crippen LogP contribution in [0, 0.1) is 5.21 Å². The second kappa shape index (κ2) is 5.62. The van der Waals surface area contributed by atoms with Crippen molar-refractivity contribution in [2.45, 2.75) is 19.8 Å². The summed E-state index contributed by atoms with van der Waals surface area (Å²) in [6.07, 6.45) is 0.232. The predicted octanol–water partition coefficient (Wildman–Crippen LogP) is 2.40. The standard InChI is InChI=1S/C11H16N2O4/c1-2-3-8-17-11(14)13(15,16)10-6-4-9(12)5-7-10/h4-7,15H,2-3,8,12H2,1H3. The summed E-state index contributed by atoms with van der Waals surface area (Å²) in [5.74, 6) is 0.